The fourth-order valence-corrected chi connectivity index (χ4v) is 2.27. The average molecular weight is 278 g/mol. The van der Waals surface area contributed by atoms with E-state index in [1.54, 1.807) is 19.1 Å². The van der Waals surface area contributed by atoms with E-state index in [1.165, 1.54) is 0 Å². The summed E-state index contributed by atoms with van der Waals surface area (Å²) in [6.45, 7) is 8.22. The molecule has 2 N–H and O–H groups in total. The highest BCUT2D eigenvalue weighted by Gasteiger charge is 2.24. The minimum Gasteiger partial charge on any atom is -0.479 e. The highest BCUT2D eigenvalue weighted by molar-refractivity contribution is 5.97. The molecular weight excluding hydrogens is 256 g/mol. The van der Waals surface area contributed by atoms with Gasteiger partial charge in [-0.3, -0.25) is 4.79 Å². The van der Waals surface area contributed by atoms with E-state index in [9.17, 15) is 9.90 Å². The Morgan fingerprint density at radius 2 is 2.10 bits per heavy atom. The van der Waals surface area contributed by atoms with Crippen molar-refractivity contribution in [1.29, 1.82) is 0 Å². The third-order valence-corrected chi connectivity index (χ3v) is 3.64. The molecule has 1 aromatic carbocycles. The van der Waals surface area contributed by atoms with E-state index >= 15 is 0 Å². The molecule has 0 saturated carbocycles. The number of nitrogens with zero attached hydrogens (tertiary/aromatic N) is 1. The summed E-state index contributed by atoms with van der Waals surface area (Å²) in [5.41, 5.74) is 1.42. The van der Waals surface area contributed by atoms with Crippen LogP contribution in [-0.4, -0.2) is 41.7 Å². The van der Waals surface area contributed by atoms with E-state index in [0.717, 1.165) is 18.7 Å². The van der Waals surface area contributed by atoms with Crippen LogP contribution in [0.1, 0.15) is 32.4 Å². The lowest BCUT2D eigenvalue weighted by Crippen LogP contribution is -2.34. The van der Waals surface area contributed by atoms with Gasteiger partial charge < -0.3 is 20.1 Å². The molecule has 0 fully saturated rings. The van der Waals surface area contributed by atoms with Crippen molar-refractivity contribution in [3.05, 3.63) is 23.8 Å². The Labute approximate surface area is 119 Å². The number of likely N-dealkylation sites (N-methyl/N-ethyl adjacent to an activating group) is 1. The molecule has 0 aliphatic carbocycles. The van der Waals surface area contributed by atoms with Crippen LogP contribution in [0.3, 0.4) is 0 Å². The summed E-state index contributed by atoms with van der Waals surface area (Å²) < 4.78 is 5.50. The smallest absolute Gasteiger partial charge is 0.265 e. The maximum absolute atomic E-state index is 11.6. The summed E-state index contributed by atoms with van der Waals surface area (Å²) in [5, 5.41) is 13.1. The molecule has 110 valence electrons. The Balaban J connectivity index is 2.14. The van der Waals surface area contributed by atoms with Gasteiger partial charge in [0.1, 0.15) is 5.75 Å². The molecule has 0 bridgehead atoms. The van der Waals surface area contributed by atoms with Gasteiger partial charge in [-0.05, 0) is 37.7 Å². The van der Waals surface area contributed by atoms with Crippen LogP contribution in [0.2, 0.25) is 0 Å². The average Bonchev–Trinajstić information content (AvgIpc) is 2.45. The topological polar surface area (TPSA) is 61.8 Å². The van der Waals surface area contributed by atoms with Crippen LogP contribution in [-0.2, 0) is 4.79 Å². The first-order valence-corrected chi connectivity index (χ1v) is 7.07. The molecule has 2 atom stereocenters. The van der Waals surface area contributed by atoms with Crippen LogP contribution in [0.15, 0.2) is 18.2 Å². The van der Waals surface area contributed by atoms with E-state index in [0.29, 0.717) is 18.0 Å². The van der Waals surface area contributed by atoms with Crippen LogP contribution in [0, 0.1) is 0 Å². The molecule has 1 amide bonds. The number of aliphatic hydroxyl groups excluding tert-OH is 1. The number of carbonyl (C=O) groups is 1. The largest absolute Gasteiger partial charge is 0.479 e. The van der Waals surface area contributed by atoms with Crippen molar-refractivity contribution in [2.75, 3.05) is 25.0 Å². The molecule has 1 aliphatic rings. The summed E-state index contributed by atoms with van der Waals surface area (Å²) in [4.78, 5) is 13.8. The highest BCUT2D eigenvalue weighted by Crippen LogP contribution is 2.32. The van der Waals surface area contributed by atoms with Crippen LogP contribution in [0.5, 0.6) is 5.75 Å². The SMILES string of the molecule is CCN(CC)CC(O)c1ccc2c(c1)NC(=O)C(C)O2. The number of fused-ring (bicyclic) bond motifs is 1. The van der Waals surface area contributed by atoms with Crippen LogP contribution in [0.25, 0.3) is 0 Å². The fraction of sp³-hybridized carbons (Fsp3) is 0.533. The molecule has 5 heteroatoms. The zero-order valence-corrected chi connectivity index (χ0v) is 12.2. The van der Waals surface area contributed by atoms with Crippen molar-refractivity contribution >= 4 is 11.6 Å². The standard InChI is InChI=1S/C15H22N2O3/c1-4-17(5-2)9-13(18)11-6-7-14-12(8-11)16-15(19)10(3)20-14/h6-8,10,13,18H,4-5,9H2,1-3H3,(H,16,19). The fourth-order valence-electron chi connectivity index (χ4n) is 2.27. The molecule has 0 aromatic heterocycles. The number of anilines is 1. The Hall–Kier alpha value is -1.59. The van der Waals surface area contributed by atoms with Crippen molar-refractivity contribution in [1.82, 2.24) is 4.90 Å². The van der Waals surface area contributed by atoms with Crippen molar-refractivity contribution in [3.8, 4) is 5.75 Å². The lowest BCUT2D eigenvalue weighted by Gasteiger charge is -2.26. The summed E-state index contributed by atoms with van der Waals surface area (Å²) in [6.07, 6.45) is -1.05. The first-order chi connectivity index (χ1) is 9.55. The second kappa shape index (κ2) is 6.24. The van der Waals surface area contributed by atoms with Gasteiger partial charge in [0.2, 0.25) is 0 Å². The third kappa shape index (κ3) is 3.11. The number of hydrogen-bond donors (Lipinski definition) is 2. The highest BCUT2D eigenvalue weighted by atomic mass is 16.5. The first kappa shape index (κ1) is 14.8. The number of amides is 1. The minimum atomic E-state index is -0.573. The van der Waals surface area contributed by atoms with Crippen LogP contribution in [0.4, 0.5) is 5.69 Å². The molecule has 1 aliphatic heterocycles. The maximum atomic E-state index is 11.6. The Bertz CT molecular complexity index is 486. The maximum Gasteiger partial charge on any atom is 0.265 e. The van der Waals surface area contributed by atoms with E-state index in [-0.39, 0.29) is 5.91 Å². The molecular formula is C15H22N2O3. The van der Waals surface area contributed by atoms with Gasteiger partial charge in [-0.2, -0.15) is 0 Å². The van der Waals surface area contributed by atoms with Gasteiger partial charge in [-0.25, -0.2) is 0 Å². The number of nitrogens with one attached hydrogen (secondary N) is 1. The van der Waals surface area contributed by atoms with E-state index in [2.05, 4.69) is 24.1 Å². The Morgan fingerprint density at radius 1 is 1.40 bits per heavy atom. The summed E-state index contributed by atoms with van der Waals surface area (Å²) in [7, 11) is 0. The van der Waals surface area contributed by atoms with Gasteiger partial charge in [-0.15, -0.1) is 0 Å². The molecule has 2 unspecified atom stereocenters. The number of ether oxygens (including phenoxy) is 1. The third-order valence-electron chi connectivity index (χ3n) is 3.64. The summed E-state index contributed by atoms with van der Waals surface area (Å²) in [5.74, 6) is 0.490. The van der Waals surface area contributed by atoms with Gasteiger partial charge in [-0.1, -0.05) is 19.9 Å². The lowest BCUT2D eigenvalue weighted by molar-refractivity contribution is -0.122. The van der Waals surface area contributed by atoms with Gasteiger partial charge in [0.05, 0.1) is 11.8 Å². The van der Waals surface area contributed by atoms with E-state index < -0.39 is 12.2 Å². The normalized spacial score (nSPS) is 19.2. The van der Waals surface area contributed by atoms with E-state index in [4.69, 9.17) is 4.74 Å². The minimum absolute atomic E-state index is 0.159. The van der Waals surface area contributed by atoms with Gasteiger partial charge >= 0.3 is 0 Å². The van der Waals surface area contributed by atoms with Gasteiger partial charge in [0.25, 0.3) is 5.91 Å². The van der Waals surface area contributed by atoms with Crippen molar-refractivity contribution in [2.45, 2.75) is 33.0 Å². The predicted molar refractivity (Wildman–Crippen MR) is 77.9 cm³/mol. The number of carbonyl (C=O) groups excluding carboxylic acids is 1. The number of benzene rings is 1. The molecule has 1 aromatic rings. The molecule has 0 saturated heterocycles. The van der Waals surface area contributed by atoms with Crippen LogP contribution >= 0.6 is 0 Å². The molecule has 1 heterocycles. The van der Waals surface area contributed by atoms with Crippen LogP contribution < -0.4 is 10.1 Å². The Morgan fingerprint density at radius 3 is 2.75 bits per heavy atom. The van der Waals surface area contributed by atoms with Crippen molar-refractivity contribution < 1.29 is 14.6 Å². The first-order valence-electron chi connectivity index (χ1n) is 7.07. The Kier molecular flexibility index (Phi) is 4.62. The molecule has 0 spiro atoms. The molecule has 5 nitrogen and oxygen atoms in total. The molecule has 20 heavy (non-hydrogen) atoms. The van der Waals surface area contributed by atoms with Crippen molar-refractivity contribution in [2.24, 2.45) is 0 Å². The molecule has 0 radical (unpaired) electrons. The lowest BCUT2D eigenvalue weighted by atomic mass is 10.1. The number of hydrogen-bond acceptors (Lipinski definition) is 4. The second-order valence-corrected chi connectivity index (χ2v) is 5.01. The number of rotatable bonds is 5. The zero-order valence-electron chi connectivity index (χ0n) is 12.2. The van der Waals surface area contributed by atoms with Gasteiger partial charge in [0.15, 0.2) is 6.10 Å². The molecule has 2 rings (SSSR count). The van der Waals surface area contributed by atoms with Gasteiger partial charge in [0, 0.05) is 6.54 Å². The number of aliphatic hydroxyl groups is 1. The summed E-state index contributed by atoms with van der Waals surface area (Å²) in [6, 6.07) is 5.43. The second-order valence-electron chi connectivity index (χ2n) is 5.01. The quantitative estimate of drug-likeness (QED) is 0.862. The monoisotopic (exact) mass is 278 g/mol. The van der Waals surface area contributed by atoms with Crippen molar-refractivity contribution in [3.63, 3.8) is 0 Å². The predicted octanol–water partition coefficient (Wildman–Crippen LogP) is 1.78. The zero-order chi connectivity index (χ0) is 14.7. The van der Waals surface area contributed by atoms with E-state index in [1.807, 2.05) is 6.07 Å². The summed E-state index contributed by atoms with van der Waals surface area (Å²) >= 11 is 0.